The Bertz CT molecular complexity index is 258. The average molecular weight is 259 g/mol. The predicted molar refractivity (Wildman–Crippen MR) is 73.3 cm³/mol. The summed E-state index contributed by atoms with van der Waals surface area (Å²) in [6.07, 6.45) is 4.77. The number of nitrogens with two attached hydrogens (primary N) is 1. The van der Waals surface area contributed by atoms with Crippen molar-refractivity contribution < 1.29 is 9.90 Å². The fourth-order valence-corrected chi connectivity index (χ4v) is 3.73. The molecule has 4 heteroatoms. The van der Waals surface area contributed by atoms with Crippen LogP contribution < -0.4 is 5.73 Å². The molecular weight excluding hydrogens is 234 g/mol. The second-order valence-corrected chi connectivity index (χ2v) is 6.74. The van der Waals surface area contributed by atoms with E-state index in [1.54, 1.807) is 0 Å². The Kier molecular flexibility index (Phi) is 5.80. The summed E-state index contributed by atoms with van der Waals surface area (Å²) in [5.74, 6) is 2.33. The van der Waals surface area contributed by atoms with Crippen molar-refractivity contribution in [3.05, 3.63) is 0 Å². The molecule has 1 aliphatic carbocycles. The highest BCUT2D eigenvalue weighted by Crippen LogP contribution is 2.37. The quantitative estimate of drug-likeness (QED) is 0.690. The summed E-state index contributed by atoms with van der Waals surface area (Å²) in [5, 5.41) is 9.19. The Morgan fingerprint density at radius 2 is 2.24 bits per heavy atom. The van der Waals surface area contributed by atoms with Crippen molar-refractivity contribution in [1.29, 1.82) is 0 Å². The summed E-state index contributed by atoms with van der Waals surface area (Å²) in [4.78, 5) is 11.2. The van der Waals surface area contributed by atoms with E-state index in [-0.39, 0.29) is 5.92 Å². The molecule has 0 heterocycles. The Labute approximate surface area is 109 Å². The first-order chi connectivity index (χ1) is 7.97. The number of carbonyl (C=O) groups is 1. The molecule has 0 spiro atoms. The first-order valence-electron chi connectivity index (χ1n) is 6.57. The number of hydrogen-bond donors (Lipinski definition) is 2. The Hall–Kier alpha value is -0.220. The van der Waals surface area contributed by atoms with Gasteiger partial charge in [0.25, 0.3) is 0 Å². The lowest BCUT2D eigenvalue weighted by molar-refractivity contribution is -0.144. The van der Waals surface area contributed by atoms with Gasteiger partial charge >= 0.3 is 5.97 Å². The van der Waals surface area contributed by atoms with E-state index in [1.165, 1.54) is 12.2 Å². The minimum atomic E-state index is -0.946. The first kappa shape index (κ1) is 14.8. The fourth-order valence-electron chi connectivity index (χ4n) is 2.43. The van der Waals surface area contributed by atoms with Gasteiger partial charge in [0.2, 0.25) is 0 Å². The maximum atomic E-state index is 11.2. The summed E-state index contributed by atoms with van der Waals surface area (Å²) in [5.41, 5.74) is 5.05. The molecule has 0 saturated heterocycles. The average Bonchev–Trinajstić information content (AvgIpc) is 2.61. The zero-order valence-corrected chi connectivity index (χ0v) is 11.8. The molecule has 17 heavy (non-hydrogen) atoms. The lowest BCUT2D eigenvalue weighted by Crippen LogP contribution is -2.51. The van der Waals surface area contributed by atoms with Crippen LogP contribution in [0.4, 0.5) is 0 Å². The van der Waals surface area contributed by atoms with Crippen LogP contribution in [0.15, 0.2) is 0 Å². The van der Waals surface area contributed by atoms with Crippen molar-refractivity contribution in [2.45, 2.75) is 51.5 Å². The highest BCUT2D eigenvalue weighted by atomic mass is 32.2. The molecule has 3 nitrogen and oxygen atoms in total. The molecule has 0 aromatic heterocycles. The van der Waals surface area contributed by atoms with E-state index in [2.05, 4.69) is 13.8 Å². The summed E-state index contributed by atoms with van der Waals surface area (Å²) in [7, 11) is 0. The molecule has 2 unspecified atom stereocenters. The highest BCUT2D eigenvalue weighted by Gasteiger charge is 2.45. The normalized spacial score (nSPS) is 28.8. The van der Waals surface area contributed by atoms with E-state index in [1.807, 2.05) is 11.8 Å². The van der Waals surface area contributed by atoms with Gasteiger partial charge in [-0.05, 0) is 49.0 Å². The maximum Gasteiger partial charge on any atom is 0.323 e. The number of hydrogen-bond acceptors (Lipinski definition) is 3. The van der Waals surface area contributed by atoms with Crippen molar-refractivity contribution in [2.75, 3.05) is 11.5 Å². The van der Waals surface area contributed by atoms with Gasteiger partial charge in [-0.25, -0.2) is 0 Å². The molecule has 2 atom stereocenters. The van der Waals surface area contributed by atoms with Crippen LogP contribution in [0.2, 0.25) is 0 Å². The van der Waals surface area contributed by atoms with Gasteiger partial charge in [0, 0.05) is 0 Å². The van der Waals surface area contributed by atoms with Crippen LogP contribution in [0.3, 0.4) is 0 Å². The van der Waals surface area contributed by atoms with Crippen LogP contribution >= 0.6 is 11.8 Å². The number of carboxylic acid groups (broad SMARTS) is 1. The molecule has 0 bridgehead atoms. The van der Waals surface area contributed by atoms with Gasteiger partial charge < -0.3 is 10.8 Å². The minimum absolute atomic E-state index is 0.173. The molecule has 1 aliphatic rings. The molecule has 0 aromatic rings. The van der Waals surface area contributed by atoms with Gasteiger partial charge in [0.1, 0.15) is 5.54 Å². The Morgan fingerprint density at radius 3 is 2.82 bits per heavy atom. The standard InChI is InChI=1S/C13H25NO2S/c1-10(2)5-8-17-9-6-11-4-3-7-13(11,14)12(15)16/h10-11H,3-9,14H2,1-2H3,(H,15,16). The molecule has 0 amide bonds. The molecule has 3 N–H and O–H groups in total. The molecule has 1 rings (SSSR count). The van der Waals surface area contributed by atoms with E-state index < -0.39 is 11.5 Å². The van der Waals surface area contributed by atoms with Crippen LogP contribution in [0.25, 0.3) is 0 Å². The van der Waals surface area contributed by atoms with E-state index in [0.29, 0.717) is 6.42 Å². The Balaban J connectivity index is 2.25. The maximum absolute atomic E-state index is 11.2. The van der Waals surface area contributed by atoms with Crippen molar-refractivity contribution in [3.63, 3.8) is 0 Å². The summed E-state index contributed by atoms with van der Waals surface area (Å²) >= 11 is 1.93. The first-order valence-corrected chi connectivity index (χ1v) is 7.72. The topological polar surface area (TPSA) is 63.3 Å². The van der Waals surface area contributed by atoms with Crippen molar-refractivity contribution in [1.82, 2.24) is 0 Å². The zero-order chi connectivity index (χ0) is 12.9. The molecule has 100 valence electrons. The number of rotatable bonds is 7. The zero-order valence-electron chi connectivity index (χ0n) is 10.9. The highest BCUT2D eigenvalue weighted by molar-refractivity contribution is 7.99. The SMILES string of the molecule is CC(C)CCSCCC1CCCC1(N)C(=O)O. The summed E-state index contributed by atoms with van der Waals surface area (Å²) < 4.78 is 0. The molecule has 0 aromatic carbocycles. The molecular formula is C13H25NO2S. The van der Waals surface area contributed by atoms with Crippen molar-refractivity contribution >= 4 is 17.7 Å². The predicted octanol–water partition coefficient (Wildman–Crippen LogP) is 2.74. The van der Waals surface area contributed by atoms with Gasteiger partial charge in [-0.15, -0.1) is 0 Å². The third-order valence-corrected chi connectivity index (χ3v) is 4.77. The molecule has 0 radical (unpaired) electrons. The van der Waals surface area contributed by atoms with Gasteiger partial charge in [0.15, 0.2) is 0 Å². The van der Waals surface area contributed by atoms with Crippen LogP contribution in [0, 0.1) is 11.8 Å². The number of carboxylic acids is 1. The largest absolute Gasteiger partial charge is 0.480 e. The lowest BCUT2D eigenvalue weighted by Gasteiger charge is -2.26. The monoisotopic (exact) mass is 259 g/mol. The smallest absolute Gasteiger partial charge is 0.323 e. The second kappa shape index (κ2) is 6.64. The summed E-state index contributed by atoms with van der Waals surface area (Å²) in [6, 6.07) is 0. The van der Waals surface area contributed by atoms with Gasteiger partial charge in [0.05, 0.1) is 0 Å². The summed E-state index contributed by atoms with van der Waals surface area (Å²) in [6.45, 7) is 4.46. The van der Waals surface area contributed by atoms with Crippen LogP contribution in [-0.2, 0) is 4.79 Å². The van der Waals surface area contributed by atoms with Crippen molar-refractivity contribution in [3.8, 4) is 0 Å². The van der Waals surface area contributed by atoms with E-state index in [4.69, 9.17) is 5.73 Å². The van der Waals surface area contributed by atoms with Crippen LogP contribution in [0.5, 0.6) is 0 Å². The number of aliphatic carboxylic acids is 1. The van der Waals surface area contributed by atoms with Gasteiger partial charge in [-0.2, -0.15) is 11.8 Å². The molecule has 1 fully saturated rings. The molecule has 1 saturated carbocycles. The van der Waals surface area contributed by atoms with Crippen molar-refractivity contribution in [2.24, 2.45) is 17.6 Å². The van der Waals surface area contributed by atoms with E-state index in [9.17, 15) is 9.90 Å². The number of thioether (sulfide) groups is 1. The van der Waals surface area contributed by atoms with Crippen LogP contribution in [-0.4, -0.2) is 28.1 Å². The van der Waals surface area contributed by atoms with Crippen LogP contribution in [0.1, 0.15) is 46.0 Å². The van der Waals surface area contributed by atoms with Gasteiger partial charge in [-0.1, -0.05) is 20.3 Å². The van der Waals surface area contributed by atoms with E-state index >= 15 is 0 Å². The van der Waals surface area contributed by atoms with E-state index in [0.717, 1.165) is 30.9 Å². The Morgan fingerprint density at radius 1 is 1.53 bits per heavy atom. The van der Waals surface area contributed by atoms with Gasteiger partial charge in [-0.3, -0.25) is 4.79 Å². The minimum Gasteiger partial charge on any atom is -0.480 e. The third kappa shape index (κ3) is 4.18. The molecule has 0 aliphatic heterocycles. The fraction of sp³-hybridized carbons (Fsp3) is 0.923. The lowest BCUT2D eigenvalue weighted by atomic mass is 9.86. The third-order valence-electron chi connectivity index (χ3n) is 3.72. The second-order valence-electron chi connectivity index (χ2n) is 5.52.